The van der Waals surface area contributed by atoms with E-state index >= 15 is 0 Å². The van der Waals surface area contributed by atoms with Crippen LogP contribution >= 0.6 is 0 Å². The van der Waals surface area contributed by atoms with Gasteiger partial charge in [0.1, 0.15) is 6.04 Å². The molecule has 2 rings (SSSR count). The second-order valence-electron chi connectivity index (χ2n) is 6.33. The highest BCUT2D eigenvalue weighted by Crippen LogP contribution is 2.28. The highest BCUT2D eigenvalue weighted by Gasteiger charge is 2.45. The molecule has 7 nitrogen and oxygen atoms in total. The molecule has 1 aliphatic rings. The summed E-state index contributed by atoms with van der Waals surface area (Å²) in [6.45, 7) is 7.25. The lowest BCUT2D eigenvalue weighted by Gasteiger charge is -2.29. The fourth-order valence-electron chi connectivity index (χ4n) is 2.89. The minimum atomic E-state index is -1.08. The van der Waals surface area contributed by atoms with Crippen molar-refractivity contribution < 1.29 is 23.9 Å². The first-order chi connectivity index (χ1) is 12.3. The first-order valence-electron chi connectivity index (χ1n) is 8.78. The average molecular weight is 360 g/mol. The van der Waals surface area contributed by atoms with Crippen LogP contribution in [0.3, 0.4) is 0 Å². The minimum absolute atomic E-state index is 0.273. The zero-order valence-corrected chi connectivity index (χ0v) is 15.4. The number of esters is 1. The van der Waals surface area contributed by atoms with Crippen LogP contribution in [0.4, 0.5) is 0 Å². The third-order valence-electron chi connectivity index (χ3n) is 4.54. The molecule has 140 valence electrons. The van der Waals surface area contributed by atoms with Gasteiger partial charge in [-0.3, -0.25) is 19.3 Å². The number of rotatable bonds is 7. The Morgan fingerprint density at radius 3 is 2.08 bits per heavy atom. The molecule has 3 atom stereocenters. The van der Waals surface area contributed by atoms with Gasteiger partial charge in [0.05, 0.1) is 11.1 Å². The van der Waals surface area contributed by atoms with Crippen LogP contribution in [0.5, 0.6) is 0 Å². The van der Waals surface area contributed by atoms with Crippen LogP contribution in [-0.2, 0) is 14.3 Å². The van der Waals surface area contributed by atoms with Crippen molar-refractivity contribution in [2.45, 2.75) is 46.3 Å². The Kier molecular flexibility index (Phi) is 6.13. The maximum atomic E-state index is 12.7. The molecule has 1 aliphatic heterocycles. The van der Waals surface area contributed by atoms with E-state index < -0.39 is 35.8 Å². The summed E-state index contributed by atoms with van der Waals surface area (Å²) in [5.41, 5.74) is 0.547. The smallest absolute Gasteiger partial charge is 0.330 e. The Bertz CT molecular complexity index is 695. The number of nitrogens with zero attached hydrogens (tertiary/aromatic N) is 1. The summed E-state index contributed by atoms with van der Waals surface area (Å²) in [4.78, 5) is 51.0. The van der Waals surface area contributed by atoms with Gasteiger partial charge in [0.25, 0.3) is 17.7 Å². The molecule has 3 amide bonds. The predicted octanol–water partition coefficient (Wildman–Crippen LogP) is 1.77. The largest absolute Gasteiger partial charge is 0.451 e. The van der Waals surface area contributed by atoms with Gasteiger partial charge >= 0.3 is 5.97 Å². The van der Waals surface area contributed by atoms with Crippen molar-refractivity contribution in [3.63, 3.8) is 0 Å². The highest BCUT2D eigenvalue weighted by molar-refractivity contribution is 6.22. The van der Waals surface area contributed by atoms with Gasteiger partial charge in [-0.1, -0.05) is 32.4 Å². The van der Waals surface area contributed by atoms with Gasteiger partial charge < -0.3 is 10.1 Å². The highest BCUT2D eigenvalue weighted by atomic mass is 16.5. The van der Waals surface area contributed by atoms with Crippen molar-refractivity contribution in [1.29, 1.82) is 0 Å². The van der Waals surface area contributed by atoms with E-state index in [1.54, 1.807) is 38.1 Å². The SMILES string of the molecule is CCNC(=O)[C@H](C)OC(=O)[C@H]([C@@H](C)CC)N1C(=O)c2ccccc2C1=O. The maximum Gasteiger partial charge on any atom is 0.330 e. The summed E-state index contributed by atoms with van der Waals surface area (Å²) in [5.74, 6) is -2.53. The molecule has 0 fully saturated rings. The number of hydrogen-bond acceptors (Lipinski definition) is 5. The number of amides is 3. The van der Waals surface area contributed by atoms with Crippen molar-refractivity contribution in [3.05, 3.63) is 35.4 Å². The lowest BCUT2D eigenvalue weighted by Crippen LogP contribution is -2.50. The fraction of sp³-hybridized carbons (Fsp3) is 0.474. The fourth-order valence-corrected chi connectivity index (χ4v) is 2.89. The maximum absolute atomic E-state index is 12.7. The summed E-state index contributed by atoms with van der Waals surface area (Å²) in [5, 5.41) is 2.57. The molecule has 1 aromatic rings. The second kappa shape index (κ2) is 8.12. The van der Waals surface area contributed by atoms with Crippen molar-refractivity contribution >= 4 is 23.7 Å². The minimum Gasteiger partial charge on any atom is -0.451 e. The molecular weight excluding hydrogens is 336 g/mol. The lowest BCUT2D eigenvalue weighted by molar-refractivity contribution is -0.160. The van der Waals surface area contributed by atoms with Gasteiger partial charge in [0, 0.05) is 6.54 Å². The number of nitrogens with one attached hydrogen (secondary N) is 1. The number of ether oxygens (including phenoxy) is 1. The van der Waals surface area contributed by atoms with Gasteiger partial charge in [-0.05, 0) is 31.9 Å². The van der Waals surface area contributed by atoms with E-state index in [1.165, 1.54) is 6.92 Å². The molecule has 0 unspecified atom stereocenters. The van der Waals surface area contributed by atoms with E-state index in [0.29, 0.717) is 13.0 Å². The lowest BCUT2D eigenvalue weighted by atomic mass is 9.97. The monoisotopic (exact) mass is 360 g/mol. The van der Waals surface area contributed by atoms with Crippen LogP contribution in [0, 0.1) is 5.92 Å². The van der Waals surface area contributed by atoms with E-state index in [2.05, 4.69) is 5.32 Å². The quantitative estimate of drug-likeness (QED) is 0.591. The Balaban J connectivity index is 2.29. The number of carbonyl (C=O) groups is 4. The van der Waals surface area contributed by atoms with Crippen molar-refractivity contribution in [1.82, 2.24) is 10.2 Å². The van der Waals surface area contributed by atoms with Gasteiger partial charge in [-0.25, -0.2) is 4.79 Å². The Morgan fingerprint density at radius 2 is 1.62 bits per heavy atom. The molecule has 1 heterocycles. The van der Waals surface area contributed by atoms with Gasteiger partial charge in [0.15, 0.2) is 6.10 Å². The Labute approximate surface area is 152 Å². The van der Waals surface area contributed by atoms with E-state index in [1.807, 2.05) is 6.92 Å². The molecule has 0 aromatic heterocycles. The van der Waals surface area contributed by atoms with E-state index in [-0.39, 0.29) is 17.0 Å². The Hall–Kier alpha value is -2.70. The van der Waals surface area contributed by atoms with Crippen molar-refractivity contribution in [2.75, 3.05) is 6.54 Å². The van der Waals surface area contributed by atoms with E-state index in [0.717, 1.165) is 4.90 Å². The predicted molar refractivity (Wildman–Crippen MR) is 94.4 cm³/mol. The van der Waals surface area contributed by atoms with Crippen LogP contribution in [-0.4, -0.2) is 47.3 Å². The molecule has 0 aliphatic carbocycles. The standard InChI is InChI=1S/C19H24N2O5/c1-5-11(3)15(19(25)26-12(4)16(22)20-6-2)21-17(23)13-9-7-8-10-14(13)18(21)24/h7-12,15H,5-6H2,1-4H3,(H,20,22)/t11-,12-,15-/m0/s1. The molecular formula is C19H24N2O5. The first-order valence-corrected chi connectivity index (χ1v) is 8.78. The molecule has 26 heavy (non-hydrogen) atoms. The summed E-state index contributed by atoms with van der Waals surface area (Å²) in [6, 6.07) is 5.38. The molecule has 1 aromatic carbocycles. The van der Waals surface area contributed by atoms with Crippen LogP contribution < -0.4 is 5.32 Å². The van der Waals surface area contributed by atoms with Crippen molar-refractivity contribution in [3.8, 4) is 0 Å². The average Bonchev–Trinajstić information content (AvgIpc) is 2.87. The number of fused-ring (bicyclic) bond motifs is 1. The molecule has 0 saturated heterocycles. The van der Waals surface area contributed by atoms with Gasteiger partial charge in [0.2, 0.25) is 0 Å². The molecule has 0 bridgehead atoms. The van der Waals surface area contributed by atoms with Crippen LogP contribution in [0.1, 0.15) is 54.8 Å². The van der Waals surface area contributed by atoms with E-state index in [9.17, 15) is 19.2 Å². The van der Waals surface area contributed by atoms with Crippen LogP contribution in [0.2, 0.25) is 0 Å². The zero-order valence-electron chi connectivity index (χ0n) is 15.4. The molecule has 0 saturated carbocycles. The third kappa shape index (κ3) is 3.61. The molecule has 0 spiro atoms. The van der Waals surface area contributed by atoms with Crippen LogP contribution in [0.15, 0.2) is 24.3 Å². The summed E-state index contributed by atoms with van der Waals surface area (Å²) in [6.07, 6.45) is -0.452. The zero-order chi connectivity index (χ0) is 19.4. The van der Waals surface area contributed by atoms with Gasteiger partial charge in [-0.15, -0.1) is 0 Å². The molecule has 0 radical (unpaired) electrons. The third-order valence-corrected chi connectivity index (χ3v) is 4.54. The Morgan fingerprint density at radius 1 is 1.08 bits per heavy atom. The number of carbonyl (C=O) groups excluding carboxylic acids is 4. The number of imide groups is 1. The molecule has 7 heteroatoms. The van der Waals surface area contributed by atoms with Gasteiger partial charge in [-0.2, -0.15) is 0 Å². The second-order valence-corrected chi connectivity index (χ2v) is 6.33. The summed E-state index contributed by atoms with van der Waals surface area (Å²) >= 11 is 0. The summed E-state index contributed by atoms with van der Waals surface area (Å²) < 4.78 is 5.26. The number of hydrogen-bond donors (Lipinski definition) is 1. The normalized spacial score (nSPS) is 16.7. The van der Waals surface area contributed by atoms with Crippen LogP contribution in [0.25, 0.3) is 0 Å². The number of likely N-dealkylation sites (N-methyl/N-ethyl adjacent to an activating group) is 1. The first kappa shape index (κ1) is 19.6. The number of benzene rings is 1. The van der Waals surface area contributed by atoms with Crippen molar-refractivity contribution in [2.24, 2.45) is 5.92 Å². The molecule has 1 N–H and O–H groups in total. The summed E-state index contributed by atoms with van der Waals surface area (Å²) in [7, 11) is 0. The van der Waals surface area contributed by atoms with E-state index in [4.69, 9.17) is 4.74 Å². The topological polar surface area (TPSA) is 92.8 Å².